The molecule has 26 heavy (non-hydrogen) atoms. The molecule has 0 bridgehead atoms. The van der Waals surface area contributed by atoms with Gasteiger partial charge in [-0.1, -0.05) is 25.4 Å². The molecule has 1 aromatic rings. The Balaban J connectivity index is 0.00000338. The molecule has 0 spiro atoms. The molecule has 2 rings (SSSR count). The number of rotatable bonds is 7. The highest BCUT2D eigenvalue weighted by atomic mass is 127. The van der Waals surface area contributed by atoms with Gasteiger partial charge in [-0.25, -0.2) is 0 Å². The maximum absolute atomic E-state index is 6.14. The van der Waals surface area contributed by atoms with E-state index in [0.717, 1.165) is 38.4 Å². The van der Waals surface area contributed by atoms with Crippen molar-refractivity contribution in [1.82, 2.24) is 4.90 Å². The third-order valence-electron chi connectivity index (χ3n) is 4.20. The molecule has 1 aromatic carbocycles. The van der Waals surface area contributed by atoms with Crippen LogP contribution in [0, 0.1) is 5.92 Å². The van der Waals surface area contributed by atoms with Gasteiger partial charge in [-0.05, 0) is 30.5 Å². The summed E-state index contributed by atoms with van der Waals surface area (Å²) in [5.74, 6) is 1.63. The number of ether oxygens (including phenoxy) is 2. The van der Waals surface area contributed by atoms with Crippen LogP contribution in [0.15, 0.2) is 23.2 Å². The van der Waals surface area contributed by atoms with Crippen molar-refractivity contribution in [3.05, 3.63) is 23.2 Å². The number of nitrogens with zero attached hydrogens (tertiary/aromatic N) is 2. The number of halogens is 2. The minimum absolute atomic E-state index is 0. The Morgan fingerprint density at radius 3 is 2.65 bits per heavy atom. The van der Waals surface area contributed by atoms with E-state index in [4.69, 9.17) is 26.8 Å². The first kappa shape index (κ1) is 23.3. The van der Waals surface area contributed by atoms with E-state index < -0.39 is 0 Å². The average molecular weight is 497 g/mol. The monoisotopic (exact) mass is 496 g/mol. The molecule has 0 radical (unpaired) electrons. The molecule has 1 fully saturated rings. The maximum Gasteiger partial charge on any atom is 0.193 e. The van der Waals surface area contributed by atoms with Crippen LogP contribution in [-0.2, 0) is 4.74 Å². The van der Waals surface area contributed by atoms with Crippen LogP contribution in [0.2, 0.25) is 5.02 Å². The largest absolute Gasteiger partial charge is 0.495 e. The quantitative estimate of drug-likeness (QED) is 0.344. The van der Waals surface area contributed by atoms with Crippen LogP contribution in [0.25, 0.3) is 0 Å². The summed E-state index contributed by atoms with van der Waals surface area (Å²) in [6.45, 7) is 8.62. The van der Waals surface area contributed by atoms with Crippen molar-refractivity contribution in [3.8, 4) is 5.75 Å². The van der Waals surface area contributed by atoms with Gasteiger partial charge in [0.05, 0.1) is 31.9 Å². The van der Waals surface area contributed by atoms with Crippen LogP contribution in [-0.4, -0.2) is 56.9 Å². The molecule has 148 valence electrons. The number of aliphatic imine (C=N–C) groups is 1. The fourth-order valence-corrected chi connectivity index (χ4v) is 3.22. The molecule has 3 N–H and O–H groups in total. The molecule has 6 nitrogen and oxygen atoms in total. The number of benzene rings is 1. The summed E-state index contributed by atoms with van der Waals surface area (Å²) >= 11 is 6.14. The Kier molecular flexibility index (Phi) is 10.6. The third-order valence-corrected chi connectivity index (χ3v) is 4.50. The van der Waals surface area contributed by atoms with Gasteiger partial charge in [-0.3, -0.25) is 9.89 Å². The van der Waals surface area contributed by atoms with Crippen LogP contribution >= 0.6 is 35.6 Å². The highest BCUT2D eigenvalue weighted by Crippen LogP contribution is 2.27. The summed E-state index contributed by atoms with van der Waals surface area (Å²) in [6.07, 6.45) is 1.09. The van der Waals surface area contributed by atoms with Gasteiger partial charge in [-0.15, -0.1) is 24.0 Å². The van der Waals surface area contributed by atoms with Gasteiger partial charge >= 0.3 is 0 Å². The SMILES string of the molecule is COc1ccc(NC(N)=NCC(CC(C)C)N2CCOCC2)cc1Cl.I. The topological polar surface area (TPSA) is 72.1 Å². The Bertz CT molecular complexity index is 580. The van der Waals surface area contributed by atoms with Gasteiger partial charge in [0.2, 0.25) is 0 Å². The lowest BCUT2D eigenvalue weighted by Crippen LogP contribution is -2.45. The molecule has 8 heteroatoms. The number of morpholine rings is 1. The summed E-state index contributed by atoms with van der Waals surface area (Å²) in [5.41, 5.74) is 6.85. The Hall–Kier alpha value is -0.770. The fourth-order valence-electron chi connectivity index (χ4n) is 2.96. The van der Waals surface area contributed by atoms with Crippen molar-refractivity contribution in [2.75, 3.05) is 45.3 Å². The van der Waals surface area contributed by atoms with E-state index in [2.05, 4.69) is 29.1 Å². The first-order valence-electron chi connectivity index (χ1n) is 8.72. The highest BCUT2D eigenvalue weighted by molar-refractivity contribution is 14.0. The molecular formula is C18H30ClIN4O2. The Morgan fingerprint density at radius 1 is 1.38 bits per heavy atom. The van der Waals surface area contributed by atoms with Gasteiger partial charge in [0, 0.05) is 24.8 Å². The molecule has 0 amide bonds. The van der Waals surface area contributed by atoms with Crippen molar-refractivity contribution < 1.29 is 9.47 Å². The Morgan fingerprint density at radius 2 is 2.08 bits per heavy atom. The first-order valence-corrected chi connectivity index (χ1v) is 9.09. The number of guanidine groups is 1. The fraction of sp³-hybridized carbons (Fsp3) is 0.611. The van der Waals surface area contributed by atoms with Crippen LogP contribution in [0.4, 0.5) is 5.69 Å². The summed E-state index contributed by atoms with van der Waals surface area (Å²) in [6, 6.07) is 5.81. The zero-order valence-electron chi connectivity index (χ0n) is 15.7. The van der Waals surface area contributed by atoms with Crippen LogP contribution < -0.4 is 15.8 Å². The zero-order valence-corrected chi connectivity index (χ0v) is 18.8. The summed E-state index contributed by atoms with van der Waals surface area (Å²) in [4.78, 5) is 7.00. The van der Waals surface area contributed by atoms with Crippen LogP contribution in [0.1, 0.15) is 20.3 Å². The van der Waals surface area contributed by atoms with Crippen molar-refractivity contribution in [2.24, 2.45) is 16.6 Å². The molecule has 0 aromatic heterocycles. The third kappa shape index (κ3) is 7.46. The molecule has 1 heterocycles. The summed E-state index contributed by atoms with van der Waals surface area (Å²) in [5, 5.41) is 3.62. The van der Waals surface area contributed by atoms with E-state index in [0.29, 0.717) is 35.2 Å². The second kappa shape index (κ2) is 11.8. The average Bonchev–Trinajstić information content (AvgIpc) is 2.59. The van der Waals surface area contributed by atoms with Gasteiger partial charge < -0.3 is 20.5 Å². The van der Waals surface area contributed by atoms with Crippen molar-refractivity contribution in [3.63, 3.8) is 0 Å². The number of nitrogens with two attached hydrogens (primary N) is 1. The van der Waals surface area contributed by atoms with E-state index in [1.807, 2.05) is 6.07 Å². The van der Waals surface area contributed by atoms with Gasteiger partial charge in [0.1, 0.15) is 5.75 Å². The first-order chi connectivity index (χ1) is 12.0. The number of anilines is 1. The number of hydrogen-bond donors (Lipinski definition) is 2. The molecule has 0 saturated carbocycles. The van der Waals surface area contributed by atoms with Crippen molar-refractivity contribution in [2.45, 2.75) is 26.3 Å². The minimum Gasteiger partial charge on any atom is -0.495 e. The van der Waals surface area contributed by atoms with Crippen LogP contribution in [0.3, 0.4) is 0 Å². The second-order valence-corrected chi connectivity index (χ2v) is 7.04. The number of hydrogen-bond acceptors (Lipinski definition) is 4. The summed E-state index contributed by atoms with van der Waals surface area (Å²) in [7, 11) is 1.59. The lowest BCUT2D eigenvalue weighted by molar-refractivity contribution is 0.0143. The molecule has 1 atom stereocenters. The minimum atomic E-state index is 0. The molecule has 1 unspecified atom stereocenters. The zero-order chi connectivity index (χ0) is 18.2. The predicted octanol–water partition coefficient (Wildman–Crippen LogP) is 3.44. The van der Waals surface area contributed by atoms with Gasteiger partial charge in [0.15, 0.2) is 5.96 Å². The molecule has 1 aliphatic heterocycles. The summed E-state index contributed by atoms with van der Waals surface area (Å²) < 4.78 is 10.6. The number of methoxy groups -OCH3 is 1. The lowest BCUT2D eigenvalue weighted by Gasteiger charge is -2.34. The molecule has 0 aliphatic carbocycles. The highest BCUT2D eigenvalue weighted by Gasteiger charge is 2.21. The molecular weight excluding hydrogens is 467 g/mol. The van der Waals surface area contributed by atoms with Crippen LogP contribution in [0.5, 0.6) is 5.75 Å². The standard InChI is InChI=1S/C18H29ClN4O2.HI/c1-13(2)10-15(23-6-8-25-9-7-23)12-21-18(20)22-14-4-5-17(24-3)16(19)11-14;/h4-5,11,13,15H,6-10,12H2,1-3H3,(H3,20,21,22);1H. The second-order valence-electron chi connectivity index (χ2n) is 6.63. The number of nitrogens with one attached hydrogen (secondary N) is 1. The maximum atomic E-state index is 6.14. The van der Waals surface area contributed by atoms with E-state index in [1.54, 1.807) is 19.2 Å². The predicted molar refractivity (Wildman–Crippen MR) is 119 cm³/mol. The Labute approximate surface area is 178 Å². The van der Waals surface area contributed by atoms with E-state index in [-0.39, 0.29) is 24.0 Å². The van der Waals surface area contributed by atoms with E-state index in [9.17, 15) is 0 Å². The normalized spacial score (nSPS) is 16.9. The van der Waals surface area contributed by atoms with Gasteiger partial charge in [-0.2, -0.15) is 0 Å². The lowest BCUT2D eigenvalue weighted by atomic mass is 10.0. The van der Waals surface area contributed by atoms with Gasteiger partial charge in [0.25, 0.3) is 0 Å². The smallest absolute Gasteiger partial charge is 0.193 e. The van der Waals surface area contributed by atoms with Crippen molar-refractivity contribution in [1.29, 1.82) is 0 Å². The van der Waals surface area contributed by atoms with E-state index >= 15 is 0 Å². The molecule has 1 saturated heterocycles. The van der Waals surface area contributed by atoms with Crippen molar-refractivity contribution >= 4 is 47.2 Å². The molecule has 1 aliphatic rings. The van der Waals surface area contributed by atoms with E-state index in [1.165, 1.54) is 0 Å².